The van der Waals surface area contributed by atoms with Crippen molar-refractivity contribution in [1.29, 1.82) is 0 Å². The third-order valence-electron chi connectivity index (χ3n) is 2.87. The molecule has 0 aromatic carbocycles. The van der Waals surface area contributed by atoms with Gasteiger partial charge in [0.15, 0.2) is 5.13 Å². The maximum Gasteiger partial charge on any atom is 0.248 e. The predicted molar refractivity (Wildman–Crippen MR) is 89.4 cm³/mol. The average Bonchev–Trinajstić information content (AvgIpc) is 3.26. The number of thiazole rings is 1. The standard InChI is InChI=1S/C13H13N7O2S2/c1-8(21)14-4-9-2-3-11(24-9)10-6-23-13(16-10)17-12(22)5-20-7-15-18-19-20/h2-3,6-7H,4-5H2,1H3,(H,14,21)(H,16,17,22). The molecule has 0 radical (unpaired) electrons. The predicted octanol–water partition coefficient (Wildman–Crippen LogP) is 1.13. The van der Waals surface area contributed by atoms with Crippen molar-refractivity contribution in [3.63, 3.8) is 0 Å². The normalized spacial score (nSPS) is 10.5. The molecule has 9 nitrogen and oxygen atoms in total. The van der Waals surface area contributed by atoms with Gasteiger partial charge in [0, 0.05) is 17.2 Å². The molecule has 3 rings (SSSR count). The fourth-order valence-electron chi connectivity index (χ4n) is 1.83. The van der Waals surface area contributed by atoms with Gasteiger partial charge >= 0.3 is 0 Å². The number of carbonyl (C=O) groups excluding carboxylic acids is 2. The smallest absolute Gasteiger partial charge is 0.248 e. The van der Waals surface area contributed by atoms with Crippen molar-refractivity contribution in [2.75, 3.05) is 5.32 Å². The van der Waals surface area contributed by atoms with Crippen LogP contribution in [0.5, 0.6) is 0 Å². The van der Waals surface area contributed by atoms with Crippen LogP contribution in [0.2, 0.25) is 0 Å². The maximum atomic E-state index is 11.9. The quantitative estimate of drug-likeness (QED) is 0.678. The number of anilines is 1. The maximum absolute atomic E-state index is 11.9. The lowest BCUT2D eigenvalue weighted by Crippen LogP contribution is -2.19. The molecule has 24 heavy (non-hydrogen) atoms. The van der Waals surface area contributed by atoms with Crippen LogP contribution in [0.3, 0.4) is 0 Å². The summed E-state index contributed by atoms with van der Waals surface area (Å²) in [5.74, 6) is -0.313. The number of rotatable bonds is 6. The minimum atomic E-state index is -0.249. The Hall–Kier alpha value is -2.66. The first-order valence-electron chi connectivity index (χ1n) is 6.90. The van der Waals surface area contributed by atoms with Gasteiger partial charge in [-0.05, 0) is 22.6 Å². The molecule has 0 atom stereocenters. The molecule has 0 bridgehead atoms. The van der Waals surface area contributed by atoms with Crippen LogP contribution in [0.1, 0.15) is 11.8 Å². The molecule has 2 N–H and O–H groups in total. The molecule has 3 heterocycles. The zero-order valence-corrected chi connectivity index (χ0v) is 14.2. The van der Waals surface area contributed by atoms with Crippen molar-refractivity contribution in [1.82, 2.24) is 30.5 Å². The van der Waals surface area contributed by atoms with E-state index in [4.69, 9.17) is 0 Å². The lowest BCUT2D eigenvalue weighted by molar-refractivity contribution is -0.119. The van der Waals surface area contributed by atoms with Gasteiger partial charge in [0.1, 0.15) is 12.9 Å². The Balaban J connectivity index is 1.60. The largest absolute Gasteiger partial charge is 0.351 e. The highest BCUT2D eigenvalue weighted by Gasteiger charge is 2.11. The summed E-state index contributed by atoms with van der Waals surface area (Å²) >= 11 is 2.90. The van der Waals surface area contributed by atoms with Gasteiger partial charge in [-0.15, -0.1) is 27.8 Å². The number of hydrogen-bond donors (Lipinski definition) is 2. The van der Waals surface area contributed by atoms with E-state index in [1.54, 1.807) is 11.3 Å². The fraction of sp³-hybridized carbons (Fsp3) is 0.231. The zero-order chi connectivity index (χ0) is 16.9. The number of nitrogens with one attached hydrogen (secondary N) is 2. The molecule has 0 saturated carbocycles. The fourth-order valence-corrected chi connectivity index (χ4v) is 3.53. The lowest BCUT2D eigenvalue weighted by Gasteiger charge is -2.00. The number of hydrogen-bond acceptors (Lipinski definition) is 8. The van der Waals surface area contributed by atoms with Crippen LogP contribution in [0.25, 0.3) is 10.6 Å². The van der Waals surface area contributed by atoms with E-state index < -0.39 is 0 Å². The molecule has 0 aliphatic carbocycles. The molecule has 0 unspecified atom stereocenters. The highest BCUT2D eigenvalue weighted by molar-refractivity contribution is 7.17. The van der Waals surface area contributed by atoms with Gasteiger partial charge in [-0.2, -0.15) is 0 Å². The summed E-state index contributed by atoms with van der Waals surface area (Å²) in [4.78, 5) is 29.2. The average molecular weight is 363 g/mol. The van der Waals surface area contributed by atoms with Gasteiger partial charge in [-0.1, -0.05) is 0 Å². The Morgan fingerprint density at radius 3 is 2.96 bits per heavy atom. The van der Waals surface area contributed by atoms with Gasteiger partial charge in [0.05, 0.1) is 17.1 Å². The Labute approximate surface area is 144 Å². The van der Waals surface area contributed by atoms with Gasteiger partial charge < -0.3 is 10.6 Å². The van der Waals surface area contributed by atoms with E-state index in [1.807, 2.05) is 17.5 Å². The molecule has 0 fully saturated rings. The first-order chi connectivity index (χ1) is 11.6. The van der Waals surface area contributed by atoms with Gasteiger partial charge in [0.25, 0.3) is 0 Å². The van der Waals surface area contributed by atoms with Crippen molar-refractivity contribution in [2.24, 2.45) is 0 Å². The van der Waals surface area contributed by atoms with E-state index >= 15 is 0 Å². The second-order valence-corrected chi connectivity index (χ2v) is 6.80. The van der Waals surface area contributed by atoms with Crippen LogP contribution in [0.4, 0.5) is 5.13 Å². The second kappa shape index (κ2) is 7.27. The summed E-state index contributed by atoms with van der Waals surface area (Å²) < 4.78 is 1.33. The van der Waals surface area contributed by atoms with Crippen molar-refractivity contribution in [3.05, 3.63) is 28.7 Å². The van der Waals surface area contributed by atoms with Crippen molar-refractivity contribution >= 4 is 39.6 Å². The highest BCUT2D eigenvalue weighted by atomic mass is 32.1. The summed E-state index contributed by atoms with van der Waals surface area (Å²) in [6, 6.07) is 3.90. The van der Waals surface area contributed by atoms with Crippen LogP contribution in [-0.4, -0.2) is 37.0 Å². The number of nitrogens with zero attached hydrogens (tertiary/aromatic N) is 5. The van der Waals surface area contributed by atoms with E-state index in [0.717, 1.165) is 15.4 Å². The van der Waals surface area contributed by atoms with E-state index in [-0.39, 0.29) is 18.4 Å². The molecule has 3 aromatic rings. The molecule has 0 saturated heterocycles. The Kier molecular flexibility index (Phi) is 4.91. The molecule has 2 amide bonds. The lowest BCUT2D eigenvalue weighted by atomic mass is 10.3. The SMILES string of the molecule is CC(=O)NCc1ccc(-c2csc(NC(=O)Cn3cnnn3)n2)s1. The van der Waals surface area contributed by atoms with Crippen LogP contribution in [0.15, 0.2) is 23.8 Å². The van der Waals surface area contributed by atoms with E-state index in [9.17, 15) is 9.59 Å². The molecule has 11 heteroatoms. The first-order valence-corrected chi connectivity index (χ1v) is 8.59. The molecule has 0 aliphatic heterocycles. The number of aromatic nitrogens is 5. The monoisotopic (exact) mass is 363 g/mol. The second-order valence-electron chi connectivity index (χ2n) is 4.77. The minimum absolute atomic E-state index is 0.0295. The van der Waals surface area contributed by atoms with Crippen LogP contribution in [-0.2, 0) is 22.7 Å². The number of thiophene rings is 1. The third kappa shape index (κ3) is 4.20. The highest BCUT2D eigenvalue weighted by Crippen LogP contribution is 2.30. The molecular formula is C13H13N7O2S2. The van der Waals surface area contributed by atoms with E-state index in [0.29, 0.717) is 11.7 Å². The van der Waals surface area contributed by atoms with Crippen molar-refractivity contribution in [3.8, 4) is 10.6 Å². The summed E-state index contributed by atoms with van der Waals surface area (Å²) in [7, 11) is 0. The number of tetrazole rings is 1. The van der Waals surface area contributed by atoms with E-state index in [2.05, 4.69) is 31.1 Å². The van der Waals surface area contributed by atoms with Crippen LogP contribution < -0.4 is 10.6 Å². The van der Waals surface area contributed by atoms with Crippen LogP contribution in [0, 0.1) is 0 Å². The topological polar surface area (TPSA) is 115 Å². The molecule has 124 valence electrons. The Morgan fingerprint density at radius 2 is 2.21 bits per heavy atom. The van der Waals surface area contributed by atoms with Crippen molar-refractivity contribution in [2.45, 2.75) is 20.0 Å². The number of carbonyl (C=O) groups is 2. The summed E-state index contributed by atoms with van der Waals surface area (Å²) in [6.45, 7) is 2.01. The number of amides is 2. The van der Waals surface area contributed by atoms with E-state index in [1.165, 1.54) is 29.3 Å². The third-order valence-corrected chi connectivity index (χ3v) is 4.74. The summed E-state index contributed by atoms with van der Waals surface area (Å²) in [6.07, 6.45) is 1.37. The van der Waals surface area contributed by atoms with Gasteiger partial charge in [0.2, 0.25) is 11.8 Å². The van der Waals surface area contributed by atoms with Crippen LogP contribution >= 0.6 is 22.7 Å². The summed E-state index contributed by atoms with van der Waals surface area (Å²) in [5.41, 5.74) is 0.789. The van der Waals surface area contributed by atoms with Gasteiger partial charge in [-0.25, -0.2) is 9.67 Å². The van der Waals surface area contributed by atoms with Gasteiger partial charge in [-0.3, -0.25) is 9.59 Å². The minimum Gasteiger partial charge on any atom is -0.351 e. The summed E-state index contributed by atoms with van der Waals surface area (Å²) in [5, 5.41) is 18.4. The molecule has 3 aromatic heterocycles. The molecule has 0 spiro atoms. The molecule has 0 aliphatic rings. The first kappa shape index (κ1) is 16.2. The Morgan fingerprint density at radius 1 is 1.33 bits per heavy atom. The van der Waals surface area contributed by atoms with Crippen molar-refractivity contribution < 1.29 is 9.59 Å². The molecular weight excluding hydrogens is 350 g/mol. The Bertz CT molecular complexity index is 840. The zero-order valence-electron chi connectivity index (χ0n) is 12.6.